The van der Waals surface area contributed by atoms with Gasteiger partial charge in [-0.2, -0.15) is 0 Å². The number of rotatable bonds is 4. The van der Waals surface area contributed by atoms with Crippen LogP contribution in [0.15, 0.2) is 89.8 Å². The molecule has 2 heteroatoms. The van der Waals surface area contributed by atoms with E-state index in [1.54, 1.807) is 11.8 Å². The first kappa shape index (κ1) is 15.9. The summed E-state index contributed by atoms with van der Waals surface area (Å²) in [7, 11) is 0. The summed E-state index contributed by atoms with van der Waals surface area (Å²) >= 11 is 8.53. The largest absolute Gasteiger partial charge is 0.130 e. The molecular formula is C21H17ClS. The first-order valence-electron chi connectivity index (χ1n) is 7.44. The highest BCUT2D eigenvalue weighted by molar-refractivity contribution is 7.98. The Balaban J connectivity index is 2.18. The summed E-state index contributed by atoms with van der Waals surface area (Å²) in [6.07, 6.45) is 2.08. The van der Waals surface area contributed by atoms with Crippen LogP contribution in [0.2, 0.25) is 0 Å². The molecule has 114 valence electrons. The van der Waals surface area contributed by atoms with Crippen LogP contribution in [0.5, 0.6) is 0 Å². The van der Waals surface area contributed by atoms with Crippen molar-refractivity contribution in [2.45, 2.75) is 4.90 Å². The minimum absolute atomic E-state index is 0.772. The van der Waals surface area contributed by atoms with E-state index < -0.39 is 0 Å². The molecule has 0 aromatic heterocycles. The number of hydrogen-bond acceptors (Lipinski definition) is 1. The van der Waals surface area contributed by atoms with Crippen molar-refractivity contribution < 1.29 is 0 Å². The predicted molar refractivity (Wildman–Crippen MR) is 103 cm³/mol. The van der Waals surface area contributed by atoms with Crippen LogP contribution in [0.25, 0.3) is 10.6 Å². The Morgan fingerprint density at radius 1 is 0.652 bits per heavy atom. The van der Waals surface area contributed by atoms with E-state index in [0.717, 1.165) is 27.3 Å². The maximum atomic E-state index is 6.79. The first-order chi connectivity index (χ1) is 11.3. The van der Waals surface area contributed by atoms with E-state index >= 15 is 0 Å². The second-order valence-electron chi connectivity index (χ2n) is 5.15. The summed E-state index contributed by atoms with van der Waals surface area (Å²) in [5.41, 5.74) is 4.34. The van der Waals surface area contributed by atoms with Gasteiger partial charge in [-0.3, -0.25) is 0 Å². The zero-order chi connectivity index (χ0) is 16.1. The van der Waals surface area contributed by atoms with Crippen LogP contribution >= 0.6 is 23.4 Å². The van der Waals surface area contributed by atoms with E-state index in [4.69, 9.17) is 11.6 Å². The van der Waals surface area contributed by atoms with Gasteiger partial charge in [-0.1, -0.05) is 84.4 Å². The van der Waals surface area contributed by atoms with Crippen molar-refractivity contribution in [1.82, 2.24) is 0 Å². The second-order valence-corrected chi connectivity index (χ2v) is 6.41. The van der Waals surface area contributed by atoms with Gasteiger partial charge in [0.2, 0.25) is 0 Å². The van der Waals surface area contributed by atoms with Crippen LogP contribution in [0, 0.1) is 0 Å². The van der Waals surface area contributed by atoms with Crippen LogP contribution in [0.1, 0.15) is 16.7 Å². The molecule has 0 aliphatic heterocycles. The Morgan fingerprint density at radius 2 is 1.13 bits per heavy atom. The zero-order valence-electron chi connectivity index (χ0n) is 12.9. The zero-order valence-corrected chi connectivity index (χ0v) is 14.4. The lowest BCUT2D eigenvalue weighted by atomic mass is 9.95. The summed E-state index contributed by atoms with van der Waals surface area (Å²) in [6, 6.07) is 29.0. The lowest BCUT2D eigenvalue weighted by molar-refractivity contribution is 1.43. The lowest BCUT2D eigenvalue weighted by Gasteiger charge is -2.13. The third-order valence-electron chi connectivity index (χ3n) is 3.69. The fourth-order valence-corrected chi connectivity index (χ4v) is 3.26. The fourth-order valence-electron chi connectivity index (χ4n) is 2.51. The Morgan fingerprint density at radius 3 is 1.65 bits per heavy atom. The average Bonchev–Trinajstić information content (AvgIpc) is 2.64. The van der Waals surface area contributed by atoms with Crippen molar-refractivity contribution in [2.24, 2.45) is 0 Å². The standard InChI is InChI=1S/C21H17ClS/c1-23-19-14-12-17(13-15-19)20(16-8-4-2-5-9-16)21(22)18-10-6-3-7-11-18/h2-15H,1H3/b21-20-. The van der Waals surface area contributed by atoms with Gasteiger partial charge in [-0.05, 0) is 35.1 Å². The van der Waals surface area contributed by atoms with Crippen molar-refractivity contribution >= 4 is 34.0 Å². The van der Waals surface area contributed by atoms with Crippen molar-refractivity contribution in [3.05, 3.63) is 102 Å². The third-order valence-corrected chi connectivity index (χ3v) is 4.84. The molecule has 0 heterocycles. The third kappa shape index (κ3) is 3.69. The lowest BCUT2D eigenvalue weighted by Crippen LogP contribution is -1.91. The van der Waals surface area contributed by atoms with Gasteiger partial charge in [-0.15, -0.1) is 11.8 Å². The van der Waals surface area contributed by atoms with Gasteiger partial charge in [0.1, 0.15) is 0 Å². The van der Waals surface area contributed by atoms with Crippen molar-refractivity contribution in [3.8, 4) is 0 Å². The molecule has 0 saturated heterocycles. The van der Waals surface area contributed by atoms with Gasteiger partial charge in [-0.25, -0.2) is 0 Å². The summed E-state index contributed by atoms with van der Waals surface area (Å²) in [6.45, 7) is 0. The van der Waals surface area contributed by atoms with Gasteiger partial charge in [0.25, 0.3) is 0 Å². The minimum Gasteiger partial charge on any atom is -0.130 e. The summed E-state index contributed by atoms with van der Waals surface area (Å²) < 4.78 is 0. The monoisotopic (exact) mass is 336 g/mol. The maximum absolute atomic E-state index is 6.79. The summed E-state index contributed by atoms with van der Waals surface area (Å²) in [5, 5.41) is 0.772. The smallest absolute Gasteiger partial charge is 0.0562 e. The van der Waals surface area contributed by atoms with Gasteiger partial charge in [0.05, 0.1) is 5.03 Å². The Labute approximate surface area is 146 Å². The number of thioether (sulfide) groups is 1. The highest BCUT2D eigenvalue weighted by Crippen LogP contribution is 2.35. The van der Waals surface area contributed by atoms with E-state index in [9.17, 15) is 0 Å². The Kier molecular flexibility index (Phi) is 5.22. The molecule has 0 aliphatic rings. The van der Waals surface area contributed by atoms with Gasteiger partial charge >= 0.3 is 0 Å². The molecule has 0 fully saturated rings. The maximum Gasteiger partial charge on any atom is 0.0562 e. The normalized spacial score (nSPS) is 11.9. The summed E-state index contributed by atoms with van der Waals surface area (Å²) in [5.74, 6) is 0. The van der Waals surface area contributed by atoms with Crippen molar-refractivity contribution in [3.63, 3.8) is 0 Å². The molecule has 0 atom stereocenters. The van der Waals surface area contributed by atoms with Crippen LogP contribution in [0.4, 0.5) is 0 Å². The number of halogens is 1. The van der Waals surface area contributed by atoms with E-state index in [1.807, 2.05) is 48.5 Å². The van der Waals surface area contributed by atoms with Crippen LogP contribution in [-0.2, 0) is 0 Å². The summed E-state index contributed by atoms with van der Waals surface area (Å²) in [4.78, 5) is 1.25. The number of benzene rings is 3. The van der Waals surface area contributed by atoms with Crippen LogP contribution in [-0.4, -0.2) is 6.26 Å². The second kappa shape index (κ2) is 7.54. The highest BCUT2D eigenvalue weighted by Gasteiger charge is 2.12. The van der Waals surface area contributed by atoms with E-state index in [2.05, 4.69) is 42.7 Å². The number of hydrogen-bond donors (Lipinski definition) is 0. The molecule has 0 amide bonds. The molecule has 0 bridgehead atoms. The molecular weight excluding hydrogens is 320 g/mol. The van der Waals surface area contributed by atoms with Gasteiger partial charge in [0, 0.05) is 10.5 Å². The minimum atomic E-state index is 0.772. The topological polar surface area (TPSA) is 0 Å². The molecule has 0 aliphatic carbocycles. The van der Waals surface area contributed by atoms with E-state index in [-0.39, 0.29) is 0 Å². The quantitative estimate of drug-likeness (QED) is 0.384. The highest BCUT2D eigenvalue weighted by atomic mass is 35.5. The fraction of sp³-hybridized carbons (Fsp3) is 0.0476. The van der Waals surface area contributed by atoms with Gasteiger partial charge < -0.3 is 0 Å². The molecule has 0 spiro atoms. The van der Waals surface area contributed by atoms with Crippen molar-refractivity contribution in [2.75, 3.05) is 6.26 Å². The van der Waals surface area contributed by atoms with E-state index in [1.165, 1.54) is 4.90 Å². The molecule has 23 heavy (non-hydrogen) atoms. The molecule has 0 radical (unpaired) electrons. The van der Waals surface area contributed by atoms with Crippen molar-refractivity contribution in [1.29, 1.82) is 0 Å². The Bertz CT molecular complexity index is 790. The average molecular weight is 337 g/mol. The molecule has 0 nitrogen and oxygen atoms in total. The molecule has 3 aromatic rings. The first-order valence-corrected chi connectivity index (χ1v) is 9.05. The Hall–Kier alpha value is -1.96. The van der Waals surface area contributed by atoms with Gasteiger partial charge in [0.15, 0.2) is 0 Å². The SMILES string of the molecule is CSc1ccc(/C(=C(\Cl)c2ccccc2)c2ccccc2)cc1. The molecule has 0 unspecified atom stereocenters. The molecule has 3 aromatic carbocycles. The van der Waals surface area contributed by atoms with Crippen LogP contribution in [0.3, 0.4) is 0 Å². The predicted octanol–water partition coefficient (Wildman–Crippen LogP) is 6.56. The molecule has 3 rings (SSSR count). The molecule has 0 N–H and O–H groups in total. The van der Waals surface area contributed by atoms with Crippen LogP contribution < -0.4 is 0 Å². The van der Waals surface area contributed by atoms with E-state index in [0.29, 0.717) is 0 Å². The molecule has 0 saturated carbocycles.